The predicted octanol–water partition coefficient (Wildman–Crippen LogP) is 6.92. The number of aromatic hydroxyl groups is 1. The van der Waals surface area contributed by atoms with Crippen LogP contribution in [0.5, 0.6) is 17.2 Å². The minimum absolute atomic E-state index is 0.0999. The fourth-order valence-electron chi connectivity index (χ4n) is 4.73. The van der Waals surface area contributed by atoms with E-state index in [0.29, 0.717) is 45.4 Å². The number of nitrogens with zero attached hydrogens (tertiary/aromatic N) is 1. The number of carbonyl (C=O) groups is 1. The number of benzene rings is 3. The molecule has 2 heterocycles. The van der Waals surface area contributed by atoms with E-state index in [4.69, 9.17) is 4.74 Å². The van der Waals surface area contributed by atoms with Crippen LogP contribution in [-0.2, 0) is 0 Å². The third-order valence-electron chi connectivity index (χ3n) is 6.59. The van der Waals surface area contributed by atoms with E-state index in [1.54, 1.807) is 25.1 Å². The topological polar surface area (TPSA) is 61.8 Å². The molecular formula is C29H28F2N2O3S. The third-order valence-corrected chi connectivity index (χ3v) is 7.73. The summed E-state index contributed by atoms with van der Waals surface area (Å²) in [6.45, 7) is 4.05. The predicted molar refractivity (Wildman–Crippen MR) is 144 cm³/mol. The molecule has 4 aromatic rings. The molecule has 37 heavy (non-hydrogen) atoms. The number of thiophene rings is 1. The minimum Gasteiger partial charge on any atom is -0.508 e. The van der Waals surface area contributed by atoms with Gasteiger partial charge in [0.05, 0.1) is 6.67 Å². The highest BCUT2D eigenvalue weighted by atomic mass is 32.1. The Morgan fingerprint density at radius 1 is 1.16 bits per heavy atom. The molecule has 192 valence electrons. The normalized spacial score (nSPS) is 15.8. The number of phenolic OH excluding ortho intramolecular Hbond substituents is 1. The standard InChI is InChI=1S/C29H28F2N2O3S/c1-18-15-19(31)3-9-24(18)27(35)29-28(25-10-6-22(34)16-26(25)37-29)36-23-7-4-20(5-8-23)32-21-11-14-33(17-21)13-2-12-30/h3-10,15-16,21,32,34H,2,11-14,17H2,1H3/t21-/m0/s1. The quantitative estimate of drug-likeness (QED) is 0.234. The number of anilines is 1. The van der Waals surface area contributed by atoms with Crippen molar-refractivity contribution in [1.82, 2.24) is 4.90 Å². The highest BCUT2D eigenvalue weighted by Gasteiger charge is 2.24. The zero-order valence-electron chi connectivity index (χ0n) is 20.5. The first-order chi connectivity index (χ1) is 17.9. The van der Waals surface area contributed by atoms with Crippen molar-refractivity contribution < 1.29 is 23.4 Å². The smallest absolute Gasteiger partial charge is 0.207 e. The van der Waals surface area contributed by atoms with Crippen LogP contribution in [0, 0.1) is 12.7 Å². The van der Waals surface area contributed by atoms with E-state index in [1.807, 2.05) is 24.3 Å². The lowest BCUT2D eigenvalue weighted by molar-refractivity contribution is 0.104. The fraction of sp³-hybridized carbons (Fsp3) is 0.276. The molecule has 0 radical (unpaired) electrons. The summed E-state index contributed by atoms with van der Waals surface area (Å²) in [5, 5.41) is 14.2. The number of ketones is 1. The summed E-state index contributed by atoms with van der Waals surface area (Å²) >= 11 is 1.23. The Balaban J connectivity index is 1.38. The first-order valence-corrected chi connectivity index (χ1v) is 13.1. The molecule has 1 aliphatic rings. The van der Waals surface area contributed by atoms with E-state index in [9.17, 15) is 18.7 Å². The van der Waals surface area contributed by atoms with Gasteiger partial charge < -0.3 is 20.1 Å². The molecule has 0 aliphatic carbocycles. The van der Waals surface area contributed by atoms with Gasteiger partial charge in [0.2, 0.25) is 5.78 Å². The second kappa shape index (κ2) is 10.9. The van der Waals surface area contributed by atoms with E-state index in [2.05, 4.69) is 10.2 Å². The van der Waals surface area contributed by atoms with Crippen molar-refractivity contribution >= 4 is 32.9 Å². The van der Waals surface area contributed by atoms with Gasteiger partial charge in [-0.25, -0.2) is 4.39 Å². The highest BCUT2D eigenvalue weighted by Crippen LogP contribution is 2.43. The van der Waals surface area contributed by atoms with Crippen LogP contribution < -0.4 is 10.1 Å². The van der Waals surface area contributed by atoms with Crippen molar-refractivity contribution in [2.45, 2.75) is 25.8 Å². The van der Waals surface area contributed by atoms with Gasteiger partial charge in [0.15, 0.2) is 5.75 Å². The van der Waals surface area contributed by atoms with Gasteiger partial charge >= 0.3 is 0 Å². The maximum atomic E-state index is 13.6. The van der Waals surface area contributed by atoms with E-state index < -0.39 is 5.82 Å². The Bertz CT molecular complexity index is 1420. The third kappa shape index (κ3) is 5.60. The Hall–Kier alpha value is -3.49. The minimum atomic E-state index is -0.398. The van der Waals surface area contributed by atoms with Crippen molar-refractivity contribution in [3.8, 4) is 17.2 Å². The Morgan fingerprint density at radius 2 is 1.97 bits per heavy atom. The number of likely N-dealkylation sites (tertiary alicyclic amines) is 1. The number of carbonyl (C=O) groups excluding carboxylic acids is 1. The molecule has 0 saturated carbocycles. The van der Waals surface area contributed by atoms with Crippen LogP contribution in [0.25, 0.3) is 10.1 Å². The average molecular weight is 523 g/mol. The van der Waals surface area contributed by atoms with Crippen LogP contribution in [0.15, 0.2) is 60.7 Å². The molecule has 0 bridgehead atoms. The van der Waals surface area contributed by atoms with Gasteiger partial charge in [0.25, 0.3) is 0 Å². The number of nitrogens with one attached hydrogen (secondary N) is 1. The molecule has 1 saturated heterocycles. The maximum Gasteiger partial charge on any atom is 0.207 e. The second-order valence-electron chi connectivity index (χ2n) is 9.33. The molecule has 1 aromatic heterocycles. The van der Waals surface area contributed by atoms with Crippen molar-refractivity contribution in [3.05, 3.63) is 82.5 Å². The van der Waals surface area contributed by atoms with E-state index in [0.717, 1.165) is 36.4 Å². The van der Waals surface area contributed by atoms with Gasteiger partial charge in [-0.2, -0.15) is 0 Å². The SMILES string of the molecule is Cc1cc(F)ccc1C(=O)c1sc2cc(O)ccc2c1Oc1ccc(N[C@H]2CCN(CCCF)C2)cc1. The Labute approximate surface area is 218 Å². The molecule has 1 aliphatic heterocycles. The molecule has 2 N–H and O–H groups in total. The first kappa shape index (κ1) is 25.2. The largest absolute Gasteiger partial charge is 0.508 e. The van der Waals surface area contributed by atoms with Gasteiger partial charge in [0, 0.05) is 47.0 Å². The van der Waals surface area contributed by atoms with Crippen molar-refractivity contribution in [3.63, 3.8) is 0 Å². The number of rotatable bonds is 9. The number of aryl methyl sites for hydroxylation is 1. The average Bonchev–Trinajstić information content (AvgIpc) is 3.47. The molecule has 0 unspecified atom stereocenters. The summed E-state index contributed by atoms with van der Waals surface area (Å²) in [6.07, 6.45) is 1.58. The summed E-state index contributed by atoms with van der Waals surface area (Å²) in [5.74, 6) is 0.423. The molecule has 0 spiro atoms. The molecule has 3 aromatic carbocycles. The lowest BCUT2D eigenvalue weighted by atomic mass is 10.0. The Morgan fingerprint density at radius 3 is 2.73 bits per heavy atom. The summed E-state index contributed by atoms with van der Waals surface area (Å²) in [7, 11) is 0. The highest BCUT2D eigenvalue weighted by molar-refractivity contribution is 7.21. The van der Waals surface area contributed by atoms with Gasteiger partial charge in [-0.05, 0) is 86.0 Å². The number of hydrogen-bond donors (Lipinski definition) is 2. The summed E-state index contributed by atoms with van der Waals surface area (Å²) in [4.78, 5) is 16.2. The van der Waals surface area contributed by atoms with Crippen LogP contribution in [0.4, 0.5) is 14.5 Å². The van der Waals surface area contributed by atoms with Crippen molar-refractivity contribution in [1.29, 1.82) is 0 Å². The molecule has 0 amide bonds. The number of ether oxygens (including phenoxy) is 1. The molecule has 1 fully saturated rings. The molecule has 8 heteroatoms. The number of halogens is 2. The fourth-order valence-corrected chi connectivity index (χ4v) is 5.84. The van der Waals surface area contributed by atoms with E-state index in [1.165, 1.54) is 29.5 Å². The molecule has 1 atom stereocenters. The van der Waals surface area contributed by atoms with Gasteiger partial charge in [-0.3, -0.25) is 9.18 Å². The first-order valence-electron chi connectivity index (χ1n) is 12.3. The molecule has 5 nitrogen and oxygen atoms in total. The number of fused-ring (bicyclic) bond motifs is 1. The molecule has 5 rings (SSSR count). The lowest BCUT2D eigenvalue weighted by Crippen LogP contribution is -2.27. The van der Waals surface area contributed by atoms with Crippen molar-refractivity contribution in [2.75, 3.05) is 31.6 Å². The van der Waals surface area contributed by atoms with Crippen LogP contribution in [0.1, 0.15) is 33.6 Å². The maximum absolute atomic E-state index is 13.6. The summed E-state index contributed by atoms with van der Waals surface area (Å²) < 4.78 is 33.1. The summed E-state index contributed by atoms with van der Waals surface area (Å²) in [5.41, 5.74) is 1.91. The number of alkyl halides is 1. The lowest BCUT2D eigenvalue weighted by Gasteiger charge is -2.17. The van der Waals surface area contributed by atoms with Gasteiger partial charge in [0.1, 0.15) is 22.2 Å². The van der Waals surface area contributed by atoms with E-state index >= 15 is 0 Å². The van der Waals surface area contributed by atoms with Crippen LogP contribution in [-0.4, -0.2) is 48.1 Å². The monoisotopic (exact) mass is 522 g/mol. The van der Waals surface area contributed by atoms with Crippen LogP contribution >= 0.6 is 11.3 Å². The molecular weight excluding hydrogens is 494 g/mol. The van der Waals surface area contributed by atoms with Crippen LogP contribution in [0.2, 0.25) is 0 Å². The zero-order valence-corrected chi connectivity index (χ0v) is 21.3. The van der Waals surface area contributed by atoms with Gasteiger partial charge in [-0.15, -0.1) is 11.3 Å². The van der Waals surface area contributed by atoms with E-state index in [-0.39, 0.29) is 18.2 Å². The van der Waals surface area contributed by atoms with Crippen LogP contribution in [0.3, 0.4) is 0 Å². The number of hydrogen-bond acceptors (Lipinski definition) is 6. The Kier molecular flexibility index (Phi) is 7.39. The number of phenols is 1. The van der Waals surface area contributed by atoms with Gasteiger partial charge in [-0.1, -0.05) is 0 Å². The zero-order chi connectivity index (χ0) is 25.9. The second-order valence-corrected chi connectivity index (χ2v) is 10.4. The van der Waals surface area contributed by atoms with Crippen molar-refractivity contribution in [2.24, 2.45) is 0 Å². The summed E-state index contributed by atoms with van der Waals surface area (Å²) in [6, 6.07) is 16.9.